The molecule has 0 aliphatic heterocycles. The fourth-order valence-corrected chi connectivity index (χ4v) is 13.6. The average molecular weight is 856 g/mol. The van der Waals surface area contributed by atoms with Crippen molar-refractivity contribution in [1.29, 1.82) is 0 Å². The maximum absolute atomic E-state index is 12.3. The zero-order valence-electron chi connectivity index (χ0n) is 24.1. The number of ether oxygens (including phenoxy) is 4. The number of hydrogen-bond donors (Lipinski definition) is 0. The van der Waals surface area contributed by atoms with Gasteiger partial charge in [0.25, 0.3) is 0 Å². The van der Waals surface area contributed by atoms with Crippen molar-refractivity contribution in [2.45, 2.75) is 0 Å². The second kappa shape index (κ2) is 18.6. The van der Waals surface area contributed by atoms with Crippen molar-refractivity contribution < 1.29 is 38.1 Å². The van der Waals surface area contributed by atoms with Gasteiger partial charge in [0.05, 0.1) is 0 Å². The van der Waals surface area contributed by atoms with Crippen molar-refractivity contribution in [2.75, 3.05) is 28.4 Å². The first-order valence-corrected chi connectivity index (χ1v) is 24.8. The average Bonchev–Trinajstić information content (AvgIpc) is 3.09. The Morgan fingerprint density at radius 2 is 0.545 bits per heavy atom. The molecule has 0 fully saturated rings. The van der Waals surface area contributed by atoms with Crippen LogP contribution in [-0.4, -0.2) is 99.7 Å². The Morgan fingerprint density at radius 3 is 0.727 bits per heavy atom. The van der Waals surface area contributed by atoms with E-state index < -0.39 is 52.5 Å². The molecule has 0 spiro atoms. The summed E-state index contributed by atoms with van der Waals surface area (Å²) in [6.07, 6.45) is 0. The number of methoxy groups -OCH3 is 4. The van der Waals surface area contributed by atoms with E-state index in [0.29, 0.717) is 45.3 Å². The van der Waals surface area contributed by atoms with Gasteiger partial charge < -0.3 is 0 Å². The number of hydrogen-bond acceptors (Lipinski definition) is 8. The van der Waals surface area contributed by atoms with E-state index in [4.69, 9.17) is 18.9 Å². The van der Waals surface area contributed by atoms with Crippen LogP contribution in [0.2, 0.25) is 0 Å². The first kappa shape index (κ1) is 35.3. The molecule has 0 N–H and O–H groups in total. The summed E-state index contributed by atoms with van der Waals surface area (Å²) < 4.78 is 20.7. The minimum atomic E-state index is -0.417. The Bertz CT molecular complexity index is 1370. The van der Waals surface area contributed by atoms with Crippen LogP contribution in [0.5, 0.6) is 23.0 Å². The first-order chi connectivity index (χ1) is 21.3. The molecular formula is C32H28O8Se4. The van der Waals surface area contributed by atoms with Gasteiger partial charge in [-0.05, 0) is 0 Å². The van der Waals surface area contributed by atoms with Gasteiger partial charge >= 0.3 is 280 Å². The predicted molar refractivity (Wildman–Crippen MR) is 172 cm³/mol. The third-order valence-corrected chi connectivity index (χ3v) is 17.6. The summed E-state index contributed by atoms with van der Waals surface area (Å²) in [6, 6.07) is 28.3. The zero-order valence-corrected chi connectivity index (χ0v) is 31.0. The molecule has 0 amide bonds. The fraction of sp³-hybridized carbons (Fsp3) is 0.125. The Morgan fingerprint density at radius 1 is 0.364 bits per heavy atom. The van der Waals surface area contributed by atoms with E-state index in [1.54, 1.807) is 72.8 Å². The number of carbonyl (C=O) groups excluding carboxylic acids is 4. The number of carbonyl (C=O) groups is 4. The fourth-order valence-electron chi connectivity index (χ4n) is 3.58. The van der Waals surface area contributed by atoms with Gasteiger partial charge in [0.1, 0.15) is 0 Å². The van der Waals surface area contributed by atoms with Gasteiger partial charge in [-0.1, -0.05) is 0 Å². The van der Waals surface area contributed by atoms with Crippen LogP contribution in [0.4, 0.5) is 0 Å². The van der Waals surface area contributed by atoms with Gasteiger partial charge in [-0.25, -0.2) is 0 Å². The summed E-state index contributed by atoms with van der Waals surface area (Å²) in [4.78, 5) is 49.2. The van der Waals surface area contributed by atoms with E-state index in [1.165, 1.54) is 28.4 Å². The van der Waals surface area contributed by atoms with Gasteiger partial charge in [-0.3, -0.25) is 0 Å². The summed E-state index contributed by atoms with van der Waals surface area (Å²) in [7, 11) is 6.13. The van der Waals surface area contributed by atoms with Crippen LogP contribution in [0.15, 0.2) is 97.1 Å². The molecule has 0 saturated carbocycles. The normalized spacial score (nSPS) is 10.1. The second-order valence-electron chi connectivity index (χ2n) is 8.28. The quantitative estimate of drug-likeness (QED) is 0.176. The number of rotatable bonds is 14. The molecule has 8 nitrogen and oxygen atoms in total. The Labute approximate surface area is 278 Å². The molecule has 0 atom stereocenters. The number of para-hydroxylation sites is 4. The molecule has 4 aromatic rings. The molecule has 44 heavy (non-hydrogen) atoms. The van der Waals surface area contributed by atoms with Crippen molar-refractivity contribution in [3.8, 4) is 23.0 Å². The van der Waals surface area contributed by atoms with Crippen molar-refractivity contribution in [3.05, 3.63) is 119 Å². The molecule has 0 bridgehead atoms. The molecule has 12 heteroatoms. The maximum atomic E-state index is 12.3. The Hall–Kier alpha value is -3.16. The van der Waals surface area contributed by atoms with Gasteiger partial charge in [0.15, 0.2) is 0 Å². The standard InChI is InChI=1S/2C16H14O4Se2/c2*1-19-13-9-5-3-7-11(13)15(17)21-22-16(18)12-8-4-6-10-14(12)20-2/h2*3-10H,1-2H3. The van der Waals surface area contributed by atoms with Crippen LogP contribution in [0.3, 0.4) is 0 Å². The molecule has 228 valence electrons. The third-order valence-electron chi connectivity index (χ3n) is 5.69. The molecule has 0 aliphatic carbocycles. The summed E-state index contributed by atoms with van der Waals surface area (Å²) >= 11 is -1.67. The molecule has 0 unspecified atom stereocenters. The predicted octanol–water partition coefficient (Wildman–Crippen LogP) is 4.02. The molecule has 0 saturated heterocycles. The minimum absolute atomic E-state index is 0.0202. The molecule has 0 aliphatic rings. The van der Waals surface area contributed by atoms with Crippen LogP contribution < -0.4 is 18.9 Å². The SMILES string of the molecule is COc1ccccc1C(=O)[Se][Se]C(=O)c1ccccc1OC.COc1ccccc1C(=O)[Se][Se]C(=O)c1ccccc1OC. The first-order valence-electron chi connectivity index (χ1n) is 12.7. The van der Waals surface area contributed by atoms with Crippen molar-refractivity contribution in [3.63, 3.8) is 0 Å². The van der Waals surface area contributed by atoms with E-state index in [2.05, 4.69) is 0 Å². The van der Waals surface area contributed by atoms with Gasteiger partial charge in [-0.2, -0.15) is 0 Å². The summed E-state index contributed by atoms with van der Waals surface area (Å²) in [5.74, 6) is 2.20. The van der Waals surface area contributed by atoms with Gasteiger partial charge in [0.2, 0.25) is 0 Å². The molecular weight excluding hydrogens is 828 g/mol. The van der Waals surface area contributed by atoms with Crippen molar-refractivity contribution in [1.82, 2.24) is 0 Å². The van der Waals surface area contributed by atoms with Gasteiger partial charge in [0, 0.05) is 0 Å². The van der Waals surface area contributed by atoms with E-state index in [-0.39, 0.29) is 18.7 Å². The van der Waals surface area contributed by atoms with E-state index in [9.17, 15) is 19.2 Å². The zero-order chi connectivity index (χ0) is 31.9. The molecule has 4 aromatic carbocycles. The van der Waals surface area contributed by atoms with E-state index in [1.807, 2.05) is 24.3 Å². The van der Waals surface area contributed by atoms with E-state index in [0.717, 1.165) is 0 Å². The monoisotopic (exact) mass is 860 g/mol. The van der Waals surface area contributed by atoms with Crippen LogP contribution in [0.25, 0.3) is 0 Å². The van der Waals surface area contributed by atoms with Crippen LogP contribution in [0.1, 0.15) is 41.4 Å². The second-order valence-corrected chi connectivity index (χ2v) is 20.1. The summed E-state index contributed by atoms with van der Waals surface area (Å²) in [6.45, 7) is 0. The van der Waals surface area contributed by atoms with Crippen LogP contribution >= 0.6 is 0 Å². The molecule has 0 aromatic heterocycles. The van der Waals surface area contributed by atoms with Crippen LogP contribution in [0, 0.1) is 0 Å². The van der Waals surface area contributed by atoms with Crippen molar-refractivity contribution >= 4 is 71.3 Å². The van der Waals surface area contributed by atoms with E-state index >= 15 is 0 Å². The van der Waals surface area contributed by atoms with Crippen molar-refractivity contribution in [2.24, 2.45) is 0 Å². The molecule has 4 rings (SSSR count). The topological polar surface area (TPSA) is 105 Å². The Balaban J connectivity index is 0.000000240. The van der Waals surface area contributed by atoms with Gasteiger partial charge in [-0.15, -0.1) is 0 Å². The Kier molecular flexibility index (Phi) is 14.9. The number of benzene rings is 4. The van der Waals surface area contributed by atoms with Crippen LogP contribution in [-0.2, 0) is 0 Å². The summed E-state index contributed by atoms with van der Waals surface area (Å²) in [5, 5.41) is 0. The molecule has 0 heterocycles. The molecule has 0 radical (unpaired) electrons. The third kappa shape index (κ3) is 9.93. The summed E-state index contributed by atoms with van der Waals surface area (Å²) in [5.41, 5.74) is 2.17.